The molecule has 0 atom stereocenters. The van der Waals surface area contributed by atoms with Gasteiger partial charge < -0.3 is 14.5 Å². The molecule has 0 unspecified atom stereocenters. The molecule has 140 valence electrons. The number of carbonyl (C=O) groups excluding carboxylic acids is 1. The van der Waals surface area contributed by atoms with Gasteiger partial charge in [0, 0.05) is 43.3 Å². The molecule has 7 nitrogen and oxygen atoms in total. The van der Waals surface area contributed by atoms with Gasteiger partial charge in [0.25, 0.3) is 0 Å². The van der Waals surface area contributed by atoms with Crippen molar-refractivity contribution < 1.29 is 14.4 Å². The Morgan fingerprint density at radius 3 is 2.42 bits per heavy atom. The van der Waals surface area contributed by atoms with E-state index in [4.69, 9.17) is 4.52 Å². The lowest BCUT2D eigenvalue weighted by molar-refractivity contribution is -0.117. The summed E-state index contributed by atoms with van der Waals surface area (Å²) < 4.78 is 5.21. The molecule has 2 N–H and O–H groups in total. The summed E-state index contributed by atoms with van der Waals surface area (Å²) in [7, 11) is 0. The molecule has 1 fully saturated rings. The molecule has 1 aliphatic rings. The van der Waals surface area contributed by atoms with Gasteiger partial charge in [-0.15, -0.1) is 0 Å². The molecular formula is C19H26N4O3. The lowest BCUT2D eigenvalue weighted by Crippen LogP contribution is -2.48. The summed E-state index contributed by atoms with van der Waals surface area (Å²) in [5, 5.41) is 16.2. The van der Waals surface area contributed by atoms with Gasteiger partial charge in [0.05, 0.1) is 12.2 Å². The first kappa shape index (κ1) is 18.3. The number of rotatable bonds is 4. The van der Waals surface area contributed by atoms with Gasteiger partial charge in [-0.3, -0.25) is 15.0 Å². The average molecular weight is 358 g/mol. The molecule has 0 saturated carbocycles. The SMILES string of the molecule is CC(C)(C)c1cc(NC(=O)CN2CCN(c3ccc(O)cc3)CC2)on1. The quantitative estimate of drug-likeness (QED) is 0.874. The topological polar surface area (TPSA) is 81.8 Å². The fourth-order valence-electron chi connectivity index (χ4n) is 2.90. The highest BCUT2D eigenvalue weighted by molar-refractivity contribution is 5.91. The van der Waals surface area contributed by atoms with Crippen LogP contribution in [0, 0.1) is 0 Å². The van der Waals surface area contributed by atoms with E-state index in [-0.39, 0.29) is 17.1 Å². The zero-order chi connectivity index (χ0) is 18.7. The Morgan fingerprint density at radius 1 is 1.19 bits per heavy atom. The van der Waals surface area contributed by atoms with E-state index < -0.39 is 0 Å². The minimum absolute atomic E-state index is 0.0975. The van der Waals surface area contributed by atoms with Gasteiger partial charge in [0.15, 0.2) is 0 Å². The fraction of sp³-hybridized carbons (Fsp3) is 0.474. The van der Waals surface area contributed by atoms with Crippen molar-refractivity contribution in [3.63, 3.8) is 0 Å². The molecule has 7 heteroatoms. The van der Waals surface area contributed by atoms with Crippen molar-refractivity contribution in [2.24, 2.45) is 0 Å². The highest BCUT2D eigenvalue weighted by Crippen LogP contribution is 2.23. The number of aromatic hydroxyl groups is 1. The number of hydrogen-bond acceptors (Lipinski definition) is 6. The largest absolute Gasteiger partial charge is 0.508 e. The van der Waals surface area contributed by atoms with Crippen LogP contribution in [0.5, 0.6) is 5.75 Å². The molecule has 0 spiro atoms. The number of nitrogens with one attached hydrogen (secondary N) is 1. The van der Waals surface area contributed by atoms with E-state index in [9.17, 15) is 9.90 Å². The minimum atomic E-state index is -0.114. The Bertz CT molecular complexity index is 741. The molecule has 1 amide bonds. The first-order valence-electron chi connectivity index (χ1n) is 8.85. The molecule has 2 aromatic rings. The number of phenols is 1. The molecule has 1 aromatic heterocycles. The smallest absolute Gasteiger partial charge is 0.240 e. The maximum absolute atomic E-state index is 12.2. The van der Waals surface area contributed by atoms with E-state index in [1.807, 2.05) is 32.9 Å². The van der Waals surface area contributed by atoms with Crippen LogP contribution >= 0.6 is 0 Å². The van der Waals surface area contributed by atoms with Crippen LogP contribution in [0.25, 0.3) is 0 Å². The van der Waals surface area contributed by atoms with E-state index in [2.05, 4.69) is 20.3 Å². The average Bonchev–Trinajstić information content (AvgIpc) is 3.05. The highest BCUT2D eigenvalue weighted by atomic mass is 16.5. The summed E-state index contributed by atoms with van der Waals surface area (Å²) in [5.41, 5.74) is 1.79. The van der Waals surface area contributed by atoms with Crippen molar-refractivity contribution in [3.8, 4) is 5.75 Å². The van der Waals surface area contributed by atoms with E-state index in [0.29, 0.717) is 12.4 Å². The summed E-state index contributed by atoms with van der Waals surface area (Å²) in [6.07, 6.45) is 0. The molecular weight excluding hydrogens is 332 g/mol. The minimum Gasteiger partial charge on any atom is -0.508 e. The number of piperazine rings is 1. The number of anilines is 2. The molecule has 1 aromatic carbocycles. The number of phenolic OH excluding ortho intramolecular Hbond substituents is 1. The predicted molar refractivity (Wildman–Crippen MR) is 101 cm³/mol. The van der Waals surface area contributed by atoms with Crippen LogP contribution in [0.4, 0.5) is 11.6 Å². The first-order valence-corrected chi connectivity index (χ1v) is 8.85. The van der Waals surface area contributed by atoms with Crippen molar-refractivity contribution in [2.75, 3.05) is 42.9 Å². The second kappa shape index (κ2) is 7.37. The molecule has 1 saturated heterocycles. The van der Waals surface area contributed by atoms with Crippen molar-refractivity contribution in [1.82, 2.24) is 10.1 Å². The number of hydrogen-bond donors (Lipinski definition) is 2. The van der Waals surface area contributed by atoms with Crippen LogP contribution in [-0.2, 0) is 10.2 Å². The van der Waals surface area contributed by atoms with Crippen molar-refractivity contribution in [3.05, 3.63) is 36.0 Å². The van der Waals surface area contributed by atoms with Crippen LogP contribution < -0.4 is 10.2 Å². The zero-order valence-corrected chi connectivity index (χ0v) is 15.5. The van der Waals surface area contributed by atoms with Crippen molar-refractivity contribution >= 4 is 17.5 Å². The van der Waals surface area contributed by atoms with Crippen LogP contribution in [-0.4, -0.2) is 53.8 Å². The molecule has 0 radical (unpaired) electrons. The lowest BCUT2D eigenvalue weighted by Gasteiger charge is -2.35. The monoisotopic (exact) mass is 358 g/mol. The summed E-state index contributed by atoms with van der Waals surface area (Å²) in [6, 6.07) is 8.99. The molecule has 2 heterocycles. The first-order chi connectivity index (χ1) is 12.3. The second-order valence-corrected chi connectivity index (χ2v) is 7.65. The summed E-state index contributed by atoms with van der Waals surface area (Å²) in [5.74, 6) is 0.563. The van der Waals surface area contributed by atoms with Crippen molar-refractivity contribution in [1.29, 1.82) is 0 Å². The number of aromatic nitrogens is 1. The van der Waals surface area contributed by atoms with Gasteiger partial charge in [-0.25, -0.2) is 0 Å². The van der Waals surface area contributed by atoms with Crippen LogP contribution in [0.3, 0.4) is 0 Å². The molecule has 0 aliphatic carbocycles. The van der Waals surface area contributed by atoms with Crippen molar-refractivity contribution in [2.45, 2.75) is 26.2 Å². The molecule has 3 rings (SSSR count). The Hall–Kier alpha value is -2.54. The van der Waals surface area contributed by atoms with E-state index in [0.717, 1.165) is 37.6 Å². The second-order valence-electron chi connectivity index (χ2n) is 7.65. The standard InChI is InChI=1S/C19H26N4O3/c1-19(2,3)16-12-18(26-21-16)20-17(25)13-22-8-10-23(11-9-22)14-4-6-15(24)7-5-14/h4-7,12,24H,8-11,13H2,1-3H3,(H,20,25). The third-order valence-electron chi connectivity index (χ3n) is 4.50. The van der Waals surface area contributed by atoms with Gasteiger partial charge in [-0.2, -0.15) is 0 Å². The number of amides is 1. The van der Waals surface area contributed by atoms with E-state index in [1.54, 1.807) is 18.2 Å². The number of nitrogens with zero attached hydrogens (tertiary/aromatic N) is 3. The Labute approximate surface area is 153 Å². The summed E-state index contributed by atoms with van der Waals surface area (Å²) in [4.78, 5) is 16.6. The zero-order valence-electron chi connectivity index (χ0n) is 15.5. The molecule has 1 aliphatic heterocycles. The van der Waals surface area contributed by atoms with Gasteiger partial charge in [0.1, 0.15) is 5.75 Å². The van der Waals surface area contributed by atoms with E-state index in [1.165, 1.54) is 0 Å². The number of benzene rings is 1. The summed E-state index contributed by atoms with van der Waals surface area (Å²) in [6.45, 7) is 9.76. The highest BCUT2D eigenvalue weighted by Gasteiger charge is 2.22. The maximum atomic E-state index is 12.2. The number of carbonyl (C=O) groups is 1. The van der Waals surface area contributed by atoms with Crippen LogP contribution in [0.2, 0.25) is 0 Å². The fourth-order valence-corrected chi connectivity index (χ4v) is 2.90. The Morgan fingerprint density at radius 2 is 1.85 bits per heavy atom. The van der Waals surface area contributed by atoms with Crippen LogP contribution in [0.1, 0.15) is 26.5 Å². The third-order valence-corrected chi connectivity index (χ3v) is 4.50. The third kappa shape index (κ3) is 4.54. The van der Waals surface area contributed by atoms with Gasteiger partial charge >= 0.3 is 0 Å². The van der Waals surface area contributed by atoms with Gasteiger partial charge in [-0.05, 0) is 24.3 Å². The normalized spacial score (nSPS) is 15.9. The van der Waals surface area contributed by atoms with E-state index >= 15 is 0 Å². The van der Waals surface area contributed by atoms with Gasteiger partial charge in [-0.1, -0.05) is 25.9 Å². The Balaban J connectivity index is 1.47. The maximum Gasteiger partial charge on any atom is 0.240 e. The Kier molecular flexibility index (Phi) is 5.18. The van der Waals surface area contributed by atoms with Gasteiger partial charge in [0.2, 0.25) is 11.8 Å². The predicted octanol–water partition coefficient (Wildman–Crippen LogP) is 2.44. The molecule has 26 heavy (non-hydrogen) atoms. The summed E-state index contributed by atoms with van der Waals surface area (Å²) >= 11 is 0. The van der Waals surface area contributed by atoms with Crippen LogP contribution in [0.15, 0.2) is 34.9 Å². The molecule has 0 bridgehead atoms. The lowest BCUT2D eigenvalue weighted by atomic mass is 9.92.